The van der Waals surface area contributed by atoms with Crippen molar-refractivity contribution in [2.75, 3.05) is 20.3 Å². The van der Waals surface area contributed by atoms with Gasteiger partial charge < -0.3 is 14.8 Å². The van der Waals surface area contributed by atoms with E-state index in [0.29, 0.717) is 10.9 Å². The van der Waals surface area contributed by atoms with Crippen molar-refractivity contribution in [1.29, 1.82) is 0 Å². The third kappa shape index (κ3) is 4.57. The predicted octanol–water partition coefficient (Wildman–Crippen LogP) is 4.68. The third-order valence-electron chi connectivity index (χ3n) is 6.54. The maximum Gasteiger partial charge on any atom is 0.232 e. The molecule has 5 nitrogen and oxygen atoms in total. The normalized spacial score (nSPS) is 23.4. The van der Waals surface area contributed by atoms with E-state index in [9.17, 15) is 0 Å². The molecule has 1 aliphatic heterocycles. The van der Waals surface area contributed by atoms with E-state index in [1.807, 2.05) is 24.5 Å². The van der Waals surface area contributed by atoms with Gasteiger partial charge in [-0.15, -0.1) is 0 Å². The van der Waals surface area contributed by atoms with Gasteiger partial charge in [0, 0.05) is 36.7 Å². The number of rotatable bonds is 7. The molecule has 1 spiro atoms. The summed E-state index contributed by atoms with van der Waals surface area (Å²) in [4.78, 5) is 9.03. The molecule has 1 saturated heterocycles. The summed E-state index contributed by atoms with van der Waals surface area (Å²) < 4.78 is 11.5. The SMILES string of the molecule is COc1ncc(CNCC[C@]2(c3ccccn3)CCOC3(CCCC3)C2)cc1Cl. The number of aromatic nitrogens is 2. The van der Waals surface area contributed by atoms with Crippen molar-refractivity contribution in [2.24, 2.45) is 0 Å². The number of hydrogen-bond donors (Lipinski definition) is 1. The second-order valence-electron chi connectivity index (χ2n) is 8.42. The van der Waals surface area contributed by atoms with Crippen molar-refractivity contribution in [2.45, 2.75) is 62.5 Å². The fraction of sp³-hybridized carbons (Fsp3) is 0.565. The van der Waals surface area contributed by atoms with Crippen LogP contribution in [0.3, 0.4) is 0 Å². The van der Waals surface area contributed by atoms with E-state index in [1.54, 1.807) is 7.11 Å². The first kappa shape index (κ1) is 20.6. The molecule has 1 atom stereocenters. The molecular weight excluding hydrogens is 386 g/mol. The Hall–Kier alpha value is -1.69. The third-order valence-corrected chi connectivity index (χ3v) is 6.81. The zero-order valence-corrected chi connectivity index (χ0v) is 17.9. The summed E-state index contributed by atoms with van der Waals surface area (Å²) in [6, 6.07) is 8.22. The first-order chi connectivity index (χ1) is 14.1. The molecule has 2 aromatic heterocycles. The molecule has 0 amide bonds. The number of halogens is 1. The lowest BCUT2D eigenvalue weighted by Gasteiger charge is -2.46. The van der Waals surface area contributed by atoms with Crippen LogP contribution in [0.1, 0.15) is 56.2 Å². The van der Waals surface area contributed by atoms with E-state index in [1.165, 1.54) is 31.4 Å². The lowest BCUT2D eigenvalue weighted by atomic mass is 9.68. The van der Waals surface area contributed by atoms with Gasteiger partial charge in [-0.25, -0.2) is 4.98 Å². The standard InChI is InChI=1S/C23H30ClN3O2/c1-28-21-19(24)14-18(16-27-21)15-25-12-9-22(20-6-2-5-11-26-20)10-13-29-23(17-22)7-3-4-8-23/h2,5-6,11,14,16,25H,3-4,7-10,12-13,15,17H2,1H3/t22-/m0/s1. The van der Waals surface area contributed by atoms with Crippen molar-refractivity contribution in [3.63, 3.8) is 0 Å². The lowest BCUT2D eigenvalue weighted by molar-refractivity contribution is -0.104. The Morgan fingerprint density at radius 1 is 1.21 bits per heavy atom. The highest BCUT2D eigenvalue weighted by Gasteiger charge is 2.48. The van der Waals surface area contributed by atoms with Crippen LogP contribution in [0.25, 0.3) is 0 Å². The average Bonchev–Trinajstić information content (AvgIpc) is 3.19. The van der Waals surface area contributed by atoms with Gasteiger partial charge in [-0.2, -0.15) is 0 Å². The molecule has 4 rings (SSSR count). The molecule has 156 valence electrons. The fourth-order valence-electron chi connectivity index (χ4n) is 5.07. The largest absolute Gasteiger partial charge is 0.480 e. The first-order valence-corrected chi connectivity index (χ1v) is 11.0. The molecule has 0 radical (unpaired) electrons. The van der Waals surface area contributed by atoms with Crippen LogP contribution >= 0.6 is 11.6 Å². The van der Waals surface area contributed by atoms with Crippen LogP contribution in [0.2, 0.25) is 5.02 Å². The van der Waals surface area contributed by atoms with E-state index in [-0.39, 0.29) is 11.0 Å². The molecule has 0 aromatic carbocycles. The van der Waals surface area contributed by atoms with Gasteiger partial charge in [0.05, 0.1) is 12.7 Å². The van der Waals surface area contributed by atoms with Crippen LogP contribution < -0.4 is 10.1 Å². The van der Waals surface area contributed by atoms with Gasteiger partial charge in [0.1, 0.15) is 5.02 Å². The predicted molar refractivity (Wildman–Crippen MR) is 114 cm³/mol. The summed E-state index contributed by atoms with van der Waals surface area (Å²) in [6.45, 7) is 2.47. The number of nitrogens with zero attached hydrogens (tertiary/aromatic N) is 2. The Balaban J connectivity index is 1.43. The molecule has 0 bridgehead atoms. The van der Waals surface area contributed by atoms with Crippen LogP contribution in [0.4, 0.5) is 0 Å². The quantitative estimate of drug-likeness (QED) is 0.665. The number of hydrogen-bond acceptors (Lipinski definition) is 5. The lowest BCUT2D eigenvalue weighted by Crippen LogP contribution is -2.47. The van der Waals surface area contributed by atoms with E-state index in [4.69, 9.17) is 26.1 Å². The number of ether oxygens (including phenoxy) is 2. The maximum absolute atomic E-state index is 6.33. The molecule has 6 heteroatoms. The van der Waals surface area contributed by atoms with E-state index < -0.39 is 0 Å². The smallest absolute Gasteiger partial charge is 0.232 e. The Morgan fingerprint density at radius 2 is 2.07 bits per heavy atom. The second kappa shape index (κ2) is 8.99. The minimum absolute atomic E-state index is 0.0587. The molecule has 2 fully saturated rings. The Morgan fingerprint density at radius 3 is 2.79 bits per heavy atom. The average molecular weight is 416 g/mol. The van der Waals surface area contributed by atoms with Crippen molar-refractivity contribution in [3.8, 4) is 5.88 Å². The summed E-state index contributed by atoms with van der Waals surface area (Å²) in [5, 5.41) is 4.12. The van der Waals surface area contributed by atoms with E-state index in [2.05, 4.69) is 22.4 Å². The zero-order chi connectivity index (χ0) is 20.2. The number of pyridine rings is 2. The number of methoxy groups -OCH3 is 1. The van der Waals surface area contributed by atoms with Crippen molar-refractivity contribution in [3.05, 3.63) is 52.9 Å². The Kier molecular flexibility index (Phi) is 6.38. The van der Waals surface area contributed by atoms with Crippen LogP contribution in [-0.2, 0) is 16.7 Å². The van der Waals surface area contributed by atoms with Gasteiger partial charge >= 0.3 is 0 Å². The minimum Gasteiger partial charge on any atom is -0.480 e. The van der Waals surface area contributed by atoms with Gasteiger partial charge in [-0.1, -0.05) is 30.5 Å². The molecule has 2 aromatic rings. The van der Waals surface area contributed by atoms with Gasteiger partial charge in [0.2, 0.25) is 5.88 Å². The maximum atomic E-state index is 6.33. The summed E-state index contributed by atoms with van der Waals surface area (Å²) in [6.07, 6.45) is 11.8. The first-order valence-electron chi connectivity index (χ1n) is 10.6. The molecule has 3 heterocycles. The van der Waals surface area contributed by atoms with Gasteiger partial charge in [-0.05, 0) is 62.4 Å². The zero-order valence-electron chi connectivity index (χ0n) is 17.1. The number of nitrogens with one attached hydrogen (secondary N) is 1. The van der Waals surface area contributed by atoms with Gasteiger partial charge in [0.15, 0.2) is 0 Å². The summed E-state index contributed by atoms with van der Waals surface area (Å²) >= 11 is 6.20. The Labute approximate surface area is 178 Å². The fourth-order valence-corrected chi connectivity index (χ4v) is 5.33. The molecular formula is C23H30ClN3O2. The molecule has 29 heavy (non-hydrogen) atoms. The van der Waals surface area contributed by atoms with Crippen LogP contribution in [0.15, 0.2) is 36.7 Å². The second-order valence-corrected chi connectivity index (χ2v) is 8.83. The van der Waals surface area contributed by atoms with Crippen molar-refractivity contribution >= 4 is 11.6 Å². The highest BCUT2D eigenvalue weighted by atomic mass is 35.5. The minimum atomic E-state index is 0.0587. The summed E-state index contributed by atoms with van der Waals surface area (Å²) in [5.41, 5.74) is 2.41. The van der Waals surface area contributed by atoms with Crippen LogP contribution in [-0.4, -0.2) is 35.8 Å². The van der Waals surface area contributed by atoms with Crippen molar-refractivity contribution in [1.82, 2.24) is 15.3 Å². The molecule has 1 aliphatic carbocycles. The topological polar surface area (TPSA) is 56.3 Å². The van der Waals surface area contributed by atoms with Gasteiger partial charge in [0.25, 0.3) is 0 Å². The molecule has 2 aliphatic rings. The highest BCUT2D eigenvalue weighted by Crippen LogP contribution is 2.49. The van der Waals surface area contributed by atoms with Crippen molar-refractivity contribution < 1.29 is 9.47 Å². The monoisotopic (exact) mass is 415 g/mol. The van der Waals surface area contributed by atoms with Crippen LogP contribution in [0, 0.1) is 0 Å². The highest BCUT2D eigenvalue weighted by molar-refractivity contribution is 6.31. The molecule has 1 N–H and O–H groups in total. The van der Waals surface area contributed by atoms with E-state index in [0.717, 1.165) is 44.5 Å². The molecule has 1 saturated carbocycles. The molecule has 0 unspecified atom stereocenters. The van der Waals surface area contributed by atoms with Crippen LogP contribution in [0.5, 0.6) is 5.88 Å². The Bertz CT molecular complexity index is 811. The van der Waals surface area contributed by atoms with E-state index >= 15 is 0 Å². The summed E-state index contributed by atoms with van der Waals surface area (Å²) in [5.74, 6) is 0.466. The summed E-state index contributed by atoms with van der Waals surface area (Å²) in [7, 11) is 1.58. The van der Waals surface area contributed by atoms with Gasteiger partial charge in [-0.3, -0.25) is 4.98 Å².